The molecule has 0 saturated carbocycles. The van der Waals surface area contributed by atoms with E-state index in [2.05, 4.69) is 23.9 Å². The van der Waals surface area contributed by atoms with E-state index in [1.165, 1.54) is 24.2 Å². The lowest BCUT2D eigenvalue weighted by molar-refractivity contribution is 0.0699. The fraction of sp³-hybridized carbons (Fsp3) is 0.615. The molecule has 1 aliphatic rings. The van der Waals surface area contributed by atoms with E-state index in [-0.39, 0.29) is 0 Å². The second-order valence-electron chi connectivity index (χ2n) is 5.05. The van der Waals surface area contributed by atoms with Gasteiger partial charge in [-0.15, -0.1) is 11.3 Å². The number of hydrogen-bond donors (Lipinski definition) is 1. The molecule has 0 radical (unpaired) electrons. The molecule has 0 aromatic carbocycles. The molecular formula is C13H20N2O2S. The normalized spacial score (nSPS) is 18.4. The second kappa shape index (κ2) is 5.82. The molecule has 4 nitrogen and oxygen atoms in total. The Balaban J connectivity index is 1.91. The summed E-state index contributed by atoms with van der Waals surface area (Å²) in [5, 5.41) is 11.0. The summed E-state index contributed by atoms with van der Waals surface area (Å²) in [6.45, 7) is 2.88. The third-order valence-electron chi connectivity index (χ3n) is 3.62. The lowest BCUT2D eigenvalue weighted by atomic mass is 10.0. The van der Waals surface area contributed by atoms with Gasteiger partial charge in [0.2, 0.25) is 0 Å². The molecule has 0 unspecified atom stereocenters. The first-order valence-electron chi connectivity index (χ1n) is 6.26. The van der Waals surface area contributed by atoms with E-state index in [0.717, 1.165) is 25.2 Å². The highest BCUT2D eigenvalue weighted by atomic mass is 32.1. The number of carboxylic acid groups (broad SMARTS) is 1. The molecule has 100 valence electrons. The van der Waals surface area contributed by atoms with Gasteiger partial charge in [-0.3, -0.25) is 4.90 Å². The maximum Gasteiger partial charge on any atom is 0.346 e. The quantitative estimate of drug-likeness (QED) is 0.907. The monoisotopic (exact) mass is 268 g/mol. The predicted octanol–water partition coefficient (Wildman–Crippen LogP) is 1.97. The van der Waals surface area contributed by atoms with Gasteiger partial charge in [-0.25, -0.2) is 4.79 Å². The van der Waals surface area contributed by atoms with Crippen LogP contribution in [0.2, 0.25) is 0 Å². The van der Waals surface area contributed by atoms with Crippen molar-refractivity contribution < 1.29 is 9.90 Å². The van der Waals surface area contributed by atoms with Gasteiger partial charge in [0.05, 0.1) is 0 Å². The summed E-state index contributed by atoms with van der Waals surface area (Å²) in [7, 11) is 4.25. The molecule has 0 atom stereocenters. The number of thiophene rings is 1. The van der Waals surface area contributed by atoms with Crippen LogP contribution in [-0.4, -0.2) is 54.1 Å². The number of carbonyl (C=O) groups is 1. The van der Waals surface area contributed by atoms with E-state index >= 15 is 0 Å². The summed E-state index contributed by atoms with van der Waals surface area (Å²) in [5.41, 5.74) is 0.954. The summed E-state index contributed by atoms with van der Waals surface area (Å²) < 4.78 is 0. The number of likely N-dealkylation sites (tertiary alicyclic amines) is 1. The molecule has 1 aliphatic heterocycles. The van der Waals surface area contributed by atoms with Gasteiger partial charge < -0.3 is 10.0 Å². The molecule has 1 aromatic rings. The van der Waals surface area contributed by atoms with Crippen molar-refractivity contribution in [2.45, 2.75) is 25.4 Å². The highest BCUT2D eigenvalue weighted by Crippen LogP contribution is 2.21. The molecule has 2 heterocycles. The van der Waals surface area contributed by atoms with Crippen molar-refractivity contribution in [1.29, 1.82) is 0 Å². The minimum atomic E-state index is -0.803. The zero-order valence-corrected chi connectivity index (χ0v) is 11.7. The summed E-state index contributed by atoms with van der Waals surface area (Å²) in [4.78, 5) is 16.2. The Morgan fingerprint density at radius 2 is 2.17 bits per heavy atom. The summed E-state index contributed by atoms with van der Waals surface area (Å²) >= 11 is 1.32. The maximum atomic E-state index is 11.1. The number of nitrogens with zero attached hydrogens (tertiary/aromatic N) is 2. The average molecular weight is 268 g/mol. The van der Waals surface area contributed by atoms with Crippen molar-refractivity contribution in [2.24, 2.45) is 0 Å². The molecule has 1 N–H and O–H groups in total. The lowest BCUT2D eigenvalue weighted by Gasteiger charge is -2.35. The van der Waals surface area contributed by atoms with Crippen molar-refractivity contribution >= 4 is 17.3 Å². The van der Waals surface area contributed by atoms with Crippen LogP contribution in [0.25, 0.3) is 0 Å². The van der Waals surface area contributed by atoms with Gasteiger partial charge in [-0.05, 0) is 57.0 Å². The van der Waals surface area contributed by atoms with E-state index in [9.17, 15) is 4.79 Å². The number of carboxylic acids is 1. The zero-order chi connectivity index (χ0) is 13.1. The Hall–Kier alpha value is -0.910. The van der Waals surface area contributed by atoms with Crippen molar-refractivity contribution in [3.8, 4) is 0 Å². The first-order chi connectivity index (χ1) is 8.58. The molecule has 5 heteroatoms. The Bertz CT molecular complexity index is 409. The fourth-order valence-corrected chi connectivity index (χ4v) is 3.24. The molecule has 1 saturated heterocycles. The Morgan fingerprint density at radius 1 is 1.50 bits per heavy atom. The van der Waals surface area contributed by atoms with Crippen molar-refractivity contribution in [3.05, 3.63) is 21.9 Å². The van der Waals surface area contributed by atoms with Crippen molar-refractivity contribution in [2.75, 3.05) is 27.2 Å². The van der Waals surface area contributed by atoms with Crippen LogP contribution in [0, 0.1) is 0 Å². The Kier molecular flexibility index (Phi) is 4.37. The molecule has 0 spiro atoms. The molecule has 0 aliphatic carbocycles. The van der Waals surface area contributed by atoms with Gasteiger partial charge in [0.25, 0.3) is 0 Å². The second-order valence-corrected chi connectivity index (χ2v) is 5.97. The molecular weight excluding hydrogens is 248 g/mol. The van der Waals surface area contributed by atoms with Gasteiger partial charge in [0.15, 0.2) is 0 Å². The zero-order valence-electron chi connectivity index (χ0n) is 10.9. The number of piperidine rings is 1. The molecule has 1 fully saturated rings. The van der Waals surface area contributed by atoms with E-state index in [1.807, 2.05) is 11.4 Å². The third kappa shape index (κ3) is 3.10. The largest absolute Gasteiger partial charge is 0.477 e. The summed E-state index contributed by atoms with van der Waals surface area (Å²) in [5.74, 6) is -0.803. The fourth-order valence-electron chi connectivity index (χ4n) is 2.48. The number of aromatic carboxylic acids is 1. The van der Waals surface area contributed by atoms with Crippen LogP contribution in [0.4, 0.5) is 0 Å². The first-order valence-corrected chi connectivity index (χ1v) is 7.14. The van der Waals surface area contributed by atoms with Crippen LogP contribution in [0.5, 0.6) is 0 Å². The van der Waals surface area contributed by atoms with Gasteiger partial charge in [0, 0.05) is 12.6 Å². The van der Waals surface area contributed by atoms with E-state index in [0.29, 0.717) is 10.9 Å². The van der Waals surface area contributed by atoms with Gasteiger partial charge >= 0.3 is 5.97 Å². The van der Waals surface area contributed by atoms with Crippen LogP contribution in [-0.2, 0) is 6.54 Å². The standard InChI is InChI=1S/C13H20N2O2S/c1-14(2)11-3-6-15(7-4-11)9-10-5-8-18-12(10)13(16)17/h5,8,11H,3-4,6-7,9H2,1-2H3,(H,16,17). The van der Waals surface area contributed by atoms with E-state index in [4.69, 9.17) is 5.11 Å². The van der Waals surface area contributed by atoms with Crippen molar-refractivity contribution in [3.63, 3.8) is 0 Å². The topological polar surface area (TPSA) is 43.8 Å². The van der Waals surface area contributed by atoms with E-state index < -0.39 is 5.97 Å². The Morgan fingerprint density at radius 3 is 2.72 bits per heavy atom. The molecule has 2 rings (SSSR count). The van der Waals surface area contributed by atoms with Gasteiger partial charge in [0.1, 0.15) is 4.88 Å². The molecule has 1 aromatic heterocycles. The lowest BCUT2D eigenvalue weighted by Crippen LogP contribution is -2.41. The minimum absolute atomic E-state index is 0.490. The molecule has 0 bridgehead atoms. The number of hydrogen-bond acceptors (Lipinski definition) is 4. The average Bonchev–Trinajstić information content (AvgIpc) is 2.78. The van der Waals surface area contributed by atoms with Gasteiger partial charge in [-0.1, -0.05) is 0 Å². The van der Waals surface area contributed by atoms with Crippen molar-refractivity contribution in [1.82, 2.24) is 9.80 Å². The molecule has 18 heavy (non-hydrogen) atoms. The highest BCUT2D eigenvalue weighted by Gasteiger charge is 2.22. The van der Waals surface area contributed by atoms with Crippen LogP contribution in [0.3, 0.4) is 0 Å². The highest BCUT2D eigenvalue weighted by molar-refractivity contribution is 7.12. The number of rotatable bonds is 4. The van der Waals surface area contributed by atoms with E-state index in [1.54, 1.807) is 0 Å². The maximum absolute atomic E-state index is 11.1. The third-order valence-corrected chi connectivity index (χ3v) is 4.57. The first kappa shape index (κ1) is 13.5. The van der Waals surface area contributed by atoms with Gasteiger partial charge in [-0.2, -0.15) is 0 Å². The van der Waals surface area contributed by atoms with Crippen LogP contribution in [0.1, 0.15) is 28.1 Å². The van der Waals surface area contributed by atoms with Crippen LogP contribution >= 0.6 is 11.3 Å². The predicted molar refractivity (Wildman–Crippen MR) is 73.3 cm³/mol. The molecule has 0 amide bonds. The minimum Gasteiger partial charge on any atom is -0.477 e. The SMILES string of the molecule is CN(C)C1CCN(Cc2ccsc2C(=O)O)CC1. The summed E-state index contributed by atoms with van der Waals surface area (Å²) in [6.07, 6.45) is 2.33. The smallest absolute Gasteiger partial charge is 0.346 e. The van der Waals surface area contributed by atoms with Crippen LogP contribution < -0.4 is 0 Å². The Labute approximate surface area is 112 Å². The van der Waals surface area contributed by atoms with Crippen LogP contribution in [0.15, 0.2) is 11.4 Å². The summed E-state index contributed by atoms with van der Waals surface area (Å²) in [6, 6.07) is 2.61.